The number of nitrogens with one attached hydrogen (secondary N) is 1. The Kier molecular flexibility index (Phi) is 6.31. The van der Waals surface area contributed by atoms with Crippen LogP contribution in [0.2, 0.25) is 5.02 Å². The zero-order valence-corrected chi connectivity index (χ0v) is 17.9. The summed E-state index contributed by atoms with van der Waals surface area (Å²) in [7, 11) is -3.58. The van der Waals surface area contributed by atoms with Crippen LogP contribution in [0.15, 0.2) is 52.0 Å². The van der Waals surface area contributed by atoms with Gasteiger partial charge in [-0.05, 0) is 49.2 Å². The predicted molar refractivity (Wildman–Crippen MR) is 114 cm³/mol. The van der Waals surface area contributed by atoms with Crippen LogP contribution < -0.4 is 5.32 Å². The molecule has 1 N–H and O–H groups in total. The van der Waals surface area contributed by atoms with Gasteiger partial charge in [0.2, 0.25) is 21.7 Å². The van der Waals surface area contributed by atoms with Crippen LogP contribution in [0.3, 0.4) is 0 Å². The largest absolute Gasteiger partial charge is 0.368 e. The first-order valence-electron chi connectivity index (χ1n) is 9.81. The summed E-state index contributed by atoms with van der Waals surface area (Å²) in [5.74, 6) is 1.26. The second-order valence-electron chi connectivity index (χ2n) is 7.01. The summed E-state index contributed by atoms with van der Waals surface area (Å²) in [6.45, 7) is 1.50. The number of nitrogens with zero attached hydrogens (tertiary/aromatic N) is 4. The van der Waals surface area contributed by atoms with E-state index in [-0.39, 0.29) is 4.90 Å². The third kappa shape index (κ3) is 4.63. The standard InChI is InChI=1S/C20H22ClN5O3S/c21-16-8-6-15(7-9-16)19-24-18(29-25-19)10-12-23-20-17(5-4-11-22-20)30(27,28)26-13-2-1-3-14-26/h4-9,11H,1-3,10,12-14H2,(H,22,23). The Balaban J connectivity index is 1.42. The van der Waals surface area contributed by atoms with Gasteiger partial charge >= 0.3 is 0 Å². The first-order valence-corrected chi connectivity index (χ1v) is 11.6. The first-order chi connectivity index (χ1) is 14.5. The molecule has 0 radical (unpaired) electrons. The Bertz CT molecular complexity index is 1100. The number of rotatable bonds is 7. The number of piperidine rings is 1. The minimum atomic E-state index is -3.58. The van der Waals surface area contributed by atoms with E-state index >= 15 is 0 Å². The summed E-state index contributed by atoms with van der Waals surface area (Å²) in [6.07, 6.45) is 4.83. The van der Waals surface area contributed by atoms with Gasteiger partial charge in [0.05, 0.1) is 0 Å². The molecular formula is C20H22ClN5O3S. The van der Waals surface area contributed by atoms with Crippen molar-refractivity contribution in [2.24, 2.45) is 0 Å². The Morgan fingerprint density at radius 1 is 1.10 bits per heavy atom. The molecule has 0 spiro atoms. The van der Waals surface area contributed by atoms with Crippen molar-refractivity contribution < 1.29 is 12.9 Å². The molecule has 8 nitrogen and oxygen atoms in total. The average Bonchev–Trinajstić information content (AvgIpc) is 3.24. The molecule has 0 unspecified atom stereocenters. The second kappa shape index (κ2) is 9.11. The summed E-state index contributed by atoms with van der Waals surface area (Å²) in [4.78, 5) is 8.81. The molecule has 10 heteroatoms. The zero-order chi connectivity index (χ0) is 21.0. The fraction of sp³-hybridized carbons (Fsp3) is 0.350. The number of aromatic nitrogens is 3. The molecule has 158 valence electrons. The Labute approximate surface area is 180 Å². The van der Waals surface area contributed by atoms with E-state index in [1.54, 1.807) is 30.5 Å². The first kappa shape index (κ1) is 20.8. The van der Waals surface area contributed by atoms with Gasteiger partial charge in [-0.3, -0.25) is 0 Å². The lowest BCUT2D eigenvalue weighted by atomic mass is 10.2. The molecule has 4 rings (SSSR count). The van der Waals surface area contributed by atoms with Crippen LogP contribution in [0.25, 0.3) is 11.4 Å². The molecule has 0 saturated carbocycles. The van der Waals surface area contributed by atoms with E-state index in [0.717, 1.165) is 24.8 Å². The Hall–Kier alpha value is -2.49. The van der Waals surface area contributed by atoms with Crippen LogP contribution in [0.5, 0.6) is 0 Å². The number of benzene rings is 1. The topological polar surface area (TPSA) is 101 Å². The monoisotopic (exact) mass is 447 g/mol. The van der Waals surface area contributed by atoms with E-state index in [2.05, 4.69) is 20.4 Å². The second-order valence-corrected chi connectivity index (χ2v) is 9.35. The number of anilines is 1. The molecule has 3 heterocycles. The maximum Gasteiger partial charge on any atom is 0.246 e. The predicted octanol–water partition coefficient (Wildman–Crippen LogP) is 3.61. The highest BCUT2D eigenvalue weighted by molar-refractivity contribution is 7.89. The highest BCUT2D eigenvalue weighted by atomic mass is 35.5. The molecular weight excluding hydrogens is 426 g/mol. The SMILES string of the molecule is O=S(=O)(c1cccnc1NCCc1nc(-c2ccc(Cl)cc2)no1)N1CCCCC1. The minimum Gasteiger partial charge on any atom is -0.368 e. The normalized spacial score (nSPS) is 15.2. The van der Waals surface area contributed by atoms with Gasteiger partial charge in [-0.1, -0.05) is 23.2 Å². The fourth-order valence-corrected chi connectivity index (χ4v) is 5.10. The number of pyridine rings is 1. The van der Waals surface area contributed by atoms with Gasteiger partial charge in [-0.2, -0.15) is 9.29 Å². The summed E-state index contributed by atoms with van der Waals surface area (Å²) in [5, 5.41) is 7.72. The van der Waals surface area contributed by atoms with Crippen molar-refractivity contribution >= 4 is 27.4 Å². The smallest absolute Gasteiger partial charge is 0.246 e. The van der Waals surface area contributed by atoms with Crippen LogP contribution in [0.4, 0.5) is 5.82 Å². The van der Waals surface area contributed by atoms with E-state index in [4.69, 9.17) is 16.1 Å². The van der Waals surface area contributed by atoms with Crippen molar-refractivity contribution in [3.63, 3.8) is 0 Å². The zero-order valence-electron chi connectivity index (χ0n) is 16.3. The highest BCUT2D eigenvalue weighted by Gasteiger charge is 2.28. The van der Waals surface area contributed by atoms with Crippen molar-refractivity contribution in [1.82, 2.24) is 19.4 Å². The molecule has 1 aliphatic heterocycles. The van der Waals surface area contributed by atoms with E-state index in [1.165, 1.54) is 4.31 Å². The molecule has 1 fully saturated rings. The molecule has 30 heavy (non-hydrogen) atoms. The molecule has 0 aliphatic carbocycles. The van der Waals surface area contributed by atoms with Crippen LogP contribution in [0.1, 0.15) is 25.2 Å². The Morgan fingerprint density at radius 3 is 2.63 bits per heavy atom. The van der Waals surface area contributed by atoms with E-state index in [0.29, 0.717) is 48.6 Å². The lowest BCUT2D eigenvalue weighted by molar-refractivity contribution is 0.346. The molecule has 1 aromatic carbocycles. The van der Waals surface area contributed by atoms with Crippen LogP contribution in [0, 0.1) is 0 Å². The Morgan fingerprint density at radius 2 is 1.87 bits per heavy atom. The summed E-state index contributed by atoms with van der Waals surface area (Å²) in [6, 6.07) is 10.4. The molecule has 0 amide bonds. The maximum atomic E-state index is 13.0. The lowest BCUT2D eigenvalue weighted by Crippen LogP contribution is -2.36. The molecule has 0 atom stereocenters. The third-order valence-corrected chi connectivity index (χ3v) is 7.09. The number of hydrogen-bond acceptors (Lipinski definition) is 7. The molecule has 2 aromatic heterocycles. The van der Waals surface area contributed by atoms with Gasteiger partial charge in [0.15, 0.2) is 0 Å². The van der Waals surface area contributed by atoms with Crippen molar-refractivity contribution in [3.05, 3.63) is 53.5 Å². The van der Waals surface area contributed by atoms with Gasteiger partial charge in [0.25, 0.3) is 0 Å². The van der Waals surface area contributed by atoms with Gasteiger partial charge in [0, 0.05) is 42.8 Å². The number of hydrogen-bond donors (Lipinski definition) is 1. The van der Waals surface area contributed by atoms with E-state index in [1.807, 2.05) is 12.1 Å². The van der Waals surface area contributed by atoms with Gasteiger partial charge in [0.1, 0.15) is 10.7 Å². The molecule has 0 bridgehead atoms. The minimum absolute atomic E-state index is 0.194. The highest BCUT2D eigenvalue weighted by Crippen LogP contribution is 2.25. The molecule has 1 aliphatic rings. The lowest BCUT2D eigenvalue weighted by Gasteiger charge is -2.26. The van der Waals surface area contributed by atoms with Crippen LogP contribution >= 0.6 is 11.6 Å². The maximum absolute atomic E-state index is 13.0. The van der Waals surface area contributed by atoms with Gasteiger partial charge in [-0.25, -0.2) is 13.4 Å². The summed E-state index contributed by atoms with van der Waals surface area (Å²) in [5.41, 5.74) is 0.807. The average molecular weight is 448 g/mol. The van der Waals surface area contributed by atoms with Crippen molar-refractivity contribution in [2.75, 3.05) is 25.0 Å². The van der Waals surface area contributed by atoms with Crippen molar-refractivity contribution in [1.29, 1.82) is 0 Å². The summed E-state index contributed by atoms with van der Waals surface area (Å²) >= 11 is 5.90. The van der Waals surface area contributed by atoms with E-state index in [9.17, 15) is 8.42 Å². The fourth-order valence-electron chi connectivity index (χ4n) is 3.34. The number of sulfonamides is 1. The number of halogens is 1. The quantitative estimate of drug-likeness (QED) is 0.590. The van der Waals surface area contributed by atoms with Crippen molar-refractivity contribution in [3.8, 4) is 11.4 Å². The molecule has 1 saturated heterocycles. The third-order valence-electron chi connectivity index (χ3n) is 4.91. The van der Waals surface area contributed by atoms with Crippen LogP contribution in [-0.2, 0) is 16.4 Å². The molecule has 3 aromatic rings. The van der Waals surface area contributed by atoms with E-state index < -0.39 is 10.0 Å². The van der Waals surface area contributed by atoms with Gasteiger partial charge < -0.3 is 9.84 Å². The summed E-state index contributed by atoms with van der Waals surface area (Å²) < 4.78 is 32.9. The van der Waals surface area contributed by atoms with Gasteiger partial charge in [-0.15, -0.1) is 0 Å². The van der Waals surface area contributed by atoms with Crippen LogP contribution in [-0.4, -0.2) is 47.5 Å². The van der Waals surface area contributed by atoms with Crippen molar-refractivity contribution in [2.45, 2.75) is 30.6 Å².